The van der Waals surface area contributed by atoms with Gasteiger partial charge in [-0.2, -0.15) is 5.10 Å². The van der Waals surface area contributed by atoms with Gasteiger partial charge in [0.2, 0.25) is 0 Å². The first-order chi connectivity index (χ1) is 12.7. The second-order valence-corrected chi connectivity index (χ2v) is 7.47. The summed E-state index contributed by atoms with van der Waals surface area (Å²) in [5.74, 6) is 1.93. The van der Waals surface area contributed by atoms with Crippen molar-refractivity contribution in [2.75, 3.05) is 31.1 Å². The molecule has 0 atom stereocenters. The Morgan fingerprint density at radius 1 is 1.12 bits per heavy atom. The highest BCUT2D eigenvalue weighted by atomic mass is 16.5. The third-order valence-electron chi connectivity index (χ3n) is 5.31. The summed E-state index contributed by atoms with van der Waals surface area (Å²) in [6.45, 7) is 6.12. The Morgan fingerprint density at radius 2 is 1.96 bits per heavy atom. The van der Waals surface area contributed by atoms with Gasteiger partial charge in [0.1, 0.15) is 22.9 Å². The molecule has 134 valence electrons. The third kappa shape index (κ3) is 2.90. The fourth-order valence-electron chi connectivity index (χ4n) is 3.47. The molecule has 2 aliphatic rings. The van der Waals surface area contributed by atoms with Gasteiger partial charge in [-0.3, -0.25) is 5.10 Å². The molecule has 2 aromatic heterocycles. The van der Waals surface area contributed by atoms with Crippen LogP contribution in [0.25, 0.3) is 22.2 Å². The van der Waals surface area contributed by atoms with Gasteiger partial charge in [-0.05, 0) is 50.1 Å². The molecule has 1 saturated carbocycles. The minimum atomic E-state index is 0.0176. The minimum absolute atomic E-state index is 0.0176. The molecule has 5 rings (SSSR count). The second kappa shape index (κ2) is 5.99. The van der Waals surface area contributed by atoms with Gasteiger partial charge in [-0.1, -0.05) is 0 Å². The van der Waals surface area contributed by atoms with Crippen LogP contribution in [0.2, 0.25) is 0 Å². The van der Waals surface area contributed by atoms with Crippen LogP contribution in [-0.4, -0.2) is 47.0 Å². The predicted molar refractivity (Wildman–Crippen MR) is 103 cm³/mol. The van der Waals surface area contributed by atoms with Crippen molar-refractivity contribution >= 4 is 16.7 Å². The third-order valence-corrected chi connectivity index (χ3v) is 5.31. The first kappa shape index (κ1) is 15.6. The quantitative estimate of drug-likeness (QED) is 0.758. The molecule has 26 heavy (non-hydrogen) atoms. The average Bonchev–Trinajstić information content (AvgIpc) is 3.25. The first-order valence-corrected chi connectivity index (χ1v) is 9.29. The molecule has 1 aromatic carbocycles. The number of nitrogens with zero attached hydrogens (tertiary/aromatic N) is 3. The number of aromatic nitrogens is 3. The van der Waals surface area contributed by atoms with Gasteiger partial charge in [0.05, 0.1) is 5.52 Å². The largest absolute Gasteiger partial charge is 0.488 e. The van der Waals surface area contributed by atoms with E-state index in [2.05, 4.69) is 44.5 Å². The molecule has 0 amide bonds. The van der Waals surface area contributed by atoms with Gasteiger partial charge < -0.3 is 15.0 Å². The molecule has 6 heteroatoms. The Balaban J connectivity index is 1.50. The summed E-state index contributed by atoms with van der Waals surface area (Å²) in [5, 5.41) is 12.2. The van der Waals surface area contributed by atoms with Crippen LogP contribution in [0.1, 0.15) is 19.8 Å². The maximum absolute atomic E-state index is 6.13. The Bertz CT molecular complexity index is 940. The van der Waals surface area contributed by atoms with Gasteiger partial charge in [0.15, 0.2) is 0 Å². The van der Waals surface area contributed by atoms with E-state index in [1.54, 1.807) is 0 Å². The van der Waals surface area contributed by atoms with Crippen LogP contribution in [0, 0.1) is 0 Å². The van der Waals surface area contributed by atoms with E-state index in [-0.39, 0.29) is 5.60 Å². The van der Waals surface area contributed by atoms with Crippen molar-refractivity contribution in [3.05, 3.63) is 36.5 Å². The van der Waals surface area contributed by atoms with E-state index in [1.165, 1.54) is 0 Å². The van der Waals surface area contributed by atoms with Crippen molar-refractivity contribution in [2.24, 2.45) is 0 Å². The van der Waals surface area contributed by atoms with Crippen LogP contribution in [-0.2, 0) is 0 Å². The number of fused-ring (bicyclic) bond motifs is 1. The highest BCUT2D eigenvalue weighted by Crippen LogP contribution is 2.40. The van der Waals surface area contributed by atoms with E-state index in [4.69, 9.17) is 4.74 Å². The highest BCUT2D eigenvalue weighted by Gasteiger charge is 2.40. The number of aromatic amines is 1. The molecule has 0 unspecified atom stereocenters. The molecule has 2 fully saturated rings. The monoisotopic (exact) mass is 349 g/mol. The molecular formula is C20H23N5O. The van der Waals surface area contributed by atoms with E-state index < -0.39 is 0 Å². The molecule has 2 N–H and O–H groups in total. The molecule has 6 nitrogen and oxygen atoms in total. The predicted octanol–water partition coefficient (Wildman–Crippen LogP) is 2.97. The van der Waals surface area contributed by atoms with Crippen molar-refractivity contribution in [3.63, 3.8) is 0 Å². The summed E-state index contributed by atoms with van der Waals surface area (Å²) in [5.41, 5.74) is 3.07. The molecular weight excluding hydrogens is 326 g/mol. The first-order valence-electron chi connectivity index (χ1n) is 9.29. The van der Waals surface area contributed by atoms with Crippen molar-refractivity contribution in [1.82, 2.24) is 20.5 Å². The minimum Gasteiger partial charge on any atom is -0.488 e. The summed E-state index contributed by atoms with van der Waals surface area (Å²) in [4.78, 5) is 6.88. The lowest BCUT2D eigenvalue weighted by Crippen LogP contribution is -2.43. The van der Waals surface area contributed by atoms with Gasteiger partial charge in [0.25, 0.3) is 0 Å². The molecule has 1 aliphatic carbocycles. The number of nitrogens with one attached hydrogen (secondary N) is 2. The zero-order valence-corrected chi connectivity index (χ0v) is 15.0. The van der Waals surface area contributed by atoms with E-state index in [0.29, 0.717) is 0 Å². The Labute approximate surface area is 152 Å². The lowest BCUT2D eigenvalue weighted by molar-refractivity contribution is 0.200. The molecule has 3 aromatic rings. The van der Waals surface area contributed by atoms with Crippen molar-refractivity contribution in [1.29, 1.82) is 0 Å². The van der Waals surface area contributed by atoms with Gasteiger partial charge >= 0.3 is 0 Å². The fraction of sp³-hybridized carbons (Fsp3) is 0.400. The number of ether oxygens (including phenoxy) is 1. The van der Waals surface area contributed by atoms with Crippen molar-refractivity contribution < 1.29 is 4.74 Å². The van der Waals surface area contributed by atoms with E-state index in [0.717, 1.165) is 72.7 Å². The summed E-state index contributed by atoms with van der Waals surface area (Å²) >= 11 is 0. The summed E-state index contributed by atoms with van der Waals surface area (Å²) in [7, 11) is 0. The van der Waals surface area contributed by atoms with Crippen LogP contribution < -0.4 is 15.0 Å². The molecule has 0 bridgehead atoms. The summed E-state index contributed by atoms with van der Waals surface area (Å²) < 4.78 is 6.13. The van der Waals surface area contributed by atoms with Gasteiger partial charge in [-0.15, -0.1) is 0 Å². The number of rotatable bonds is 4. The second-order valence-electron chi connectivity index (χ2n) is 7.47. The maximum Gasteiger partial charge on any atom is 0.129 e. The molecule has 1 saturated heterocycles. The number of piperazine rings is 1. The maximum atomic E-state index is 6.13. The summed E-state index contributed by atoms with van der Waals surface area (Å²) in [6, 6.07) is 10.3. The standard InChI is InChI=1S/C20H23N5O/c1-20(5-6-20)26-15-2-3-17-16(13-15)19(24-23-17)14-4-7-22-18(12-14)25-10-8-21-9-11-25/h2-4,7,12-13,21H,5-6,8-11H2,1H3,(H,23,24). The zero-order valence-electron chi connectivity index (χ0n) is 15.0. The van der Waals surface area contributed by atoms with Crippen LogP contribution in [0.3, 0.4) is 0 Å². The lowest BCUT2D eigenvalue weighted by atomic mass is 10.1. The number of anilines is 1. The number of hydrogen-bond acceptors (Lipinski definition) is 5. The Hall–Kier alpha value is -2.60. The Morgan fingerprint density at radius 3 is 2.77 bits per heavy atom. The van der Waals surface area contributed by atoms with E-state index in [9.17, 15) is 0 Å². The molecule has 0 spiro atoms. The highest BCUT2D eigenvalue weighted by molar-refractivity contribution is 5.94. The number of benzene rings is 1. The van der Waals surface area contributed by atoms with Crippen LogP contribution >= 0.6 is 0 Å². The average molecular weight is 349 g/mol. The summed E-state index contributed by atoms with van der Waals surface area (Å²) in [6.07, 6.45) is 4.13. The normalized spacial score (nSPS) is 18.9. The Kier molecular flexibility index (Phi) is 3.60. The van der Waals surface area contributed by atoms with Gasteiger partial charge in [0, 0.05) is 43.3 Å². The van der Waals surface area contributed by atoms with Crippen LogP contribution in [0.4, 0.5) is 5.82 Å². The van der Waals surface area contributed by atoms with Crippen LogP contribution in [0.5, 0.6) is 5.75 Å². The zero-order chi connectivity index (χ0) is 17.6. The number of hydrogen-bond donors (Lipinski definition) is 2. The molecule has 0 radical (unpaired) electrons. The molecule has 3 heterocycles. The van der Waals surface area contributed by atoms with Gasteiger partial charge in [-0.25, -0.2) is 4.98 Å². The fourth-order valence-corrected chi connectivity index (χ4v) is 3.47. The number of H-pyrrole nitrogens is 1. The number of pyridine rings is 1. The molecule has 1 aliphatic heterocycles. The van der Waals surface area contributed by atoms with Crippen molar-refractivity contribution in [2.45, 2.75) is 25.4 Å². The van der Waals surface area contributed by atoms with Crippen LogP contribution in [0.15, 0.2) is 36.5 Å². The SMILES string of the molecule is CC1(Oc2ccc3[nH]nc(-c4ccnc(N5CCNCC5)c4)c3c2)CC1. The lowest BCUT2D eigenvalue weighted by Gasteiger charge is -2.28. The van der Waals surface area contributed by atoms with E-state index in [1.807, 2.05) is 24.4 Å². The van der Waals surface area contributed by atoms with E-state index >= 15 is 0 Å². The topological polar surface area (TPSA) is 66.1 Å². The smallest absolute Gasteiger partial charge is 0.129 e. The van der Waals surface area contributed by atoms with Crippen molar-refractivity contribution in [3.8, 4) is 17.0 Å².